The lowest BCUT2D eigenvalue weighted by atomic mass is 10.0. The smallest absolute Gasteiger partial charge is 0.329 e. The van der Waals surface area contributed by atoms with Gasteiger partial charge < -0.3 is 15.5 Å². The van der Waals surface area contributed by atoms with E-state index >= 15 is 0 Å². The Balaban J connectivity index is 2.13. The van der Waals surface area contributed by atoms with E-state index in [1.165, 1.54) is 4.57 Å². The predicted octanol–water partition coefficient (Wildman–Crippen LogP) is 0.0344. The van der Waals surface area contributed by atoms with Gasteiger partial charge in [0.2, 0.25) is 5.91 Å². The molecule has 1 aliphatic rings. The van der Waals surface area contributed by atoms with Crippen molar-refractivity contribution in [2.24, 2.45) is 7.05 Å². The van der Waals surface area contributed by atoms with Crippen LogP contribution in [0.25, 0.3) is 11.0 Å². The van der Waals surface area contributed by atoms with Crippen LogP contribution in [0.3, 0.4) is 0 Å². The fraction of sp³-hybridized carbons (Fsp3) is 0.500. The van der Waals surface area contributed by atoms with Crippen molar-refractivity contribution >= 4 is 16.9 Å². The maximum absolute atomic E-state index is 12.7. The van der Waals surface area contributed by atoms with Gasteiger partial charge in [-0.15, -0.1) is 0 Å². The van der Waals surface area contributed by atoms with Crippen molar-refractivity contribution < 1.29 is 15.0 Å². The number of aromatic nitrogens is 2. The van der Waals surface area contributed by atoms with Crippen LogP contribution in [0.15, 0.2) is 23.0 Å². The summed E-state index contributed by atoms with van der Waals surface area (Å²) >= 11 is 0. The first kappa shape index (κ1) is 15.8. The molecule has 1 saturated heterocycles. The number of carbonyl (C=O) groups is 1. The molecule has 1 aromatic heterocycles. The van der Waals surface area contributed by atoms with Gasteiger partial charge in [-0.05, 0) is 37.3 Å². The maximum Gasteiger partial charge on any atom is 0.329 e. The highest BCUT2D eigenvalue weighted by Crippen LogP contribution is 2.26. The SMILES string of the molecule is Cn1c(=O)n(C2CCC(O)NC2=O)c2cccc(CCCO)c21. The monoisotopic (exact) mass is 319 g/mol. The van der Waals surface area contributed by atoms with Gasteiger partial charge in [-0.25, -0.2) is 4.79 Å². The number of nitrogens with zero attached hydrogens (tertiary/aromatic N) is 2. The molecule has 3 N–H and O–H groups in total. The zero-order valence-electron chi connectivity index (χ0n) is 13.0. The van der Waals surface area contributed by atoms with Gasteiger partial charge in [-0.1, -0.05) is 12.1 Å². The third-order valence-corrected chi connectivity index (χ3v) is 4.43. The number of benzene rings is 1. The van der Waals surface area contributed by atoms with Crippen LogP contribution in [-0.2, 0) is 18.3 Å². The minimum Gasteiger partial charge on any atom is -0.396 e. The fourth-order valence-electron chi connectivity index (χ4n) is 3.32. The first-order valence-corrected chi connectivity index (χ1v) is 7.82. The molecule has 0 bridgehead atoms. The number of aliphatic hydroxyl groups excluding tert-OH is 2. The highest BCUT2D eigenvalue weighted by molar-refractivity contribution is 5.86. The number of hydrogen-bond acceptors (Lipinski definition) is 4. The van der Waals surface area contributed by atoms with E-state index in [2.05, 4.69) is 5.32 Å². The van der Waals surface area contributed by atoms with Crippen molar-refractivity contribution in [1.29, 1.82) is 0 Å². The molecule has 0 radical (unpaired) electrons. The van der Waals surface area contributed by atoms with E-state index in [0.717, 1.165) is 11.1 Å². The molecule has 2 atom stereocenters. The molecule has 1 aromatic carbocycles. The Morgan fingerprint density at radius 2 is 2.09 bits per heavy atom. The number of hydrogen-bond donors (Lipinski definition) is 3. The third-order valence-electron chi connectivity index (χ3n) is 4.43. The summed E-state index contributed by atoms with van der Waals surface area (Å²) in [7, 11) is 1.69. The molecule has 1 amide bonds. The summed E-state index contributed by atoms with van der Waals surface area (Å²) in [5, 5.41) is 21.1. The van der Waals surface area contributed by atoms with Crippen molar-refractivity contribution in [2.45, 2.75) is 38.0 Å². The van der Waals surface area contributed by atoms with Gasteiger partial charge in [0.25, 0.3) is 0 Å². The van der Waals surface area contributed by atoms with E-state index in [0.29, 0.717) is 31.2 Å². The number of carbonyl (C=O) groups excluding carboxylic acids is 1. The number of aryl methyl sites for hydroxylation is 2. The largest absolute Gasteiger partial charge is 0.396 e. The van der Waals surface area contributed by atoms with Crippen LogP contribution >= 0.6 is 0 Å². The Kier molecular flexibility index (Phi) is 4.23. The van der Waals surface area contributed by atoms with Gasteiger partial charge >= 0.3 is 5.69 Å². The summed E-state index contributed by atoms with van der Waals surface area (Å²) in [5.41, 5.74) is 2.24. The number of fused-ring (bicyclic) bond motifs is 1. The summed E-state index contributed by atoms with van der Waals surface area (Å²) in [6.07, 6.45) is 1.29. The third kappa shape index (κ3) is 2.66. The van der Waals surface area contributed by atoms with Crippen LogP contribution in [0.4, 0.5) is 0 Å². The average molecular weight is 319 g/mol. The normalized spacial score (nSPS) is 21.6. The maximum atomic E-state index is 12.7. The number of imidazole rings is 1. The molecule has 0 saturated carbocycles. The highest BCUT2D eigenvalue weighted by Gasteiger charge is 2.31. The van der Waals surface area contributed by atoms with Crippen molar-refractivity contribution in [3.05, 3.63) is 34.2 Å². The molecule has 124 valence electrons. The van der Waals surface area contributed by atoms with Gasteiger partial charge in [-0.3, -0.25) is 13.9 Å². The Morgan fingerprint density at radius 3 is 2.78 bits per heavy atom. The van der Waals surface area contributed by atoms with Crippen molar-refractivity contribution in [2.75, 3.05) is 6.61 Å². The predicted molar refractivity (Wildman–Crippen MR) is 85.0 cm³/mol. The zero-order valence-corrected chi connectivity index (χ0v) is 13.0. The Bertz CT molecular complexity index is 792. The number of rotatable bonds is 4. The number of piperidine rings is 1. The Morgan fingerprint density at radius 1 is 1.30 bits per heavy atom. The molecular weight excluding hydrogens is 298 g/mol. The van der Waals surface area contributed by atoms with Crippen molar-refractivity contribution in [3.63, 3.8) is 0 Å². The molecule has 0 spiro atoms. The number of amides is 1. The summed E-state index contributed by atoms with van der Waals surface area (Å²) in [5.74, 6) is -0.334. The van der Waals surface area contributed by atoms with Gasteiger partial charge in [0, 0.05) is 13.7 Å². The standard InChI is InChI=1S/C16H21N3O4/c1-18-14-10(5-3-9-20)4-2-6-11(14)19(16(18)23)12-7-8-13(21)17-15(12)22/h2,4,6,12-13,20-21H,3,5,7-9H2,1H3,(H,17,22). The van der Waals surface area contributed by atoms with E-state index in [1.54, 1.807) is 11.6 Å². The molecule has 1 fully saturated rings. The summed E-state index contributed by atoms with van der Waals surface area (Å²) in [6, 6.07) is 5.02. The van der Waals surface area contributed by atoms with Crippen LogP contribution in [0.5, 0.6) is 0 Å². The first-order chi connectivity index (χ1) is 11.0. The van der Waals surface area contributed by atoms with Crippen molar-refractivity contribution in [3.8, 4) is 0 Å². The molecule has 3 rings (SSSR count). The minimum atomic E-state index is -0.843. The Labute approximate surface area is 133 Å². The number of nitrogens with one attached hydrogen (secondary N) is 1. The number of para-hydroxylation sites is 1. The second-order valence-electron chi connectivity index (χ2n) is 5.94. The van der Waals surface area contributed by atoms with E-state index in [1.807, 2.05) is 18.2 Å². The first-order valence-electron chi connectivity index (χ1n) is 7.82. The molecule has 7 heteroatoms. The van der Waals surface area contributed by atoms with Gasteiger partial charge in [0.05, 0.1) is 11.0 Å². The lowest BCUT2D eigenvalue weighted by Crippen LogP contribution is -2.46. The summed E-state index contributed by atoms with van der Waals surface area (Å²) in [6.45, 7) is 0.0912. The minimum absolute atomic E-state index is 0.0912. The van der Waals surface area contributed by atoms with Crippen LogP contribution in [0.2, 0.25) is 0 Å². The zero-order chi connectivity index (χ0) is 16.6. The van der Waals surface area contributed by atoms with Gasteiger partial charge in [-0.2, -0.15) is 0 Å². The second-order valence-corrected chi connectivity index (χ2v) is 5.94. The van der Waals surface area contributed by atoms with Crippen LogP contribution < -0.4 is 11.0 Å². The molecule has 2 aromatic rings. The van der Waals surface area contributed by atoms with Crippen LogP contribution in [-0.4, -0.2) is 38.1 Å². The van der Waals surface area contributed by atoms with Crippen molar-refractivity contribution in [1.82, 2.24) is 14.5 Å². The fourth-order valence-corrected chi connectivity index (χ4v) is 3.32. The molecular formula is C16H21N3O4. The quantitative estimate of drug-likeness (QED) is 0.741. The lowest BCUT2D eigenvalue weighted by molar-refractivity contribution is -0.130. The molecule has 2 unspecified atom stereocenters. The molecule has 1 aliphatic heterocycles. The van der Waals surface area contributed by atoms with Gasteiger partial charge in [0.15, 0.2) is 0 Å². The average Bonchev–Trinajstić information content (AvgIpc) is 2.78. The highest BCUT2D eigenvalue weighted by atomic mass is 16.3. The van der Waals surface area contributed by atoms with Gasteiger partial charge in [0.1, 0.15) is 12.3 Å². The number of aliphatic hydroxyl groups is 2. The molecule has 2 heterocycles. The lowest BCUT2D eigenvalue weighted by Gasteiger charge is -2.26. The van der Waals surface area contributed by atoms with E-state index in [-0.39, 0.29) is 18.2 Å². The molecule has 23 heavy (non-hydrogen) atoms. The Hall–Kier alpha value is -2.12. The topological polar surface area (TPSA) is 96.5 Å². The molecule has 0 aliphatic carbocycles. The van der Waals surface area contributed by atoms with Crippen LogP contribution in [0, 0.1) is 0 Å². The summed E-state index contributed by atoms with van der Waals surface area (Å²) in [4.78, 5) is 24.9. The van der Waals surface area contributed by atoms with Crippen LogP contribution in [0.1, 0.15) is 30.9 Å². The molecule has 7 nitrogen and oxygen atoms in total. The summed E-state index contributed by atoms with van der Waals surface area (Å²) < 4.78 is 3.07. The van der Waals surface area contributed by atoms with E-state index in [9.17, 15) is 14.7 Å². The second kappa shape index (κ2) is 6.17. The van der Waals surface area contributed by atoms with E-state index in [4.69, 9.17) is 5.11 Å². The van der Waals surface area contributed by atoms with E-state index < -0.39 is 12.3 Å².